The van der Waals surface area contributed by atoms with Gasteiger partial charge in [-0.1, -0.05) is 49.6 Å². The normalized spacial score (nSPS) is 20.4. The Kier molecular flexibility index (Phi) is 10.2. The van der Waals surface area contributed by atoms with Crippen molar-refractivity contribution < 1.29 is 33.8 Å². The molecule has 1 aliphatic carbocycles. The lowest BCUT2D eigenvalue weighted by atomic mass is 9.86. The van der Waals surface area contributed by atoms with E-state index in [2.05, 4.69) is 0 Å². The average molecular weight is 433 g/mol. The second kappa shape index (κ2) is 12.9. The van der Waals surface area contributed by atoms with E-state index in [0.29, 0.717) is 19.3 Å². The van der Waals surface area contributed by atoms with Crippen LogP contribution in [0.3, 0.4) is 0 Å². The highest BCUT2D eigenvalue weighted by atomic mass is 16.5. The molecule has 0 bridgehead atoms. The van der Waals surface area contributed by atoms with Gasteiger partial charge >= 0.3 is 17.9 Å². The molecule has 0 spiro atoms. The topological polar surface area (TPSA) is 107 Å². The quantitative estimate of drug-likeness (QED) is 0.370. The van der Waals surface area contributed by atoms with Crippen molar-refractivity contribution in [3.63, 3.8) is 0 Å². The number of ketones is 1. The Morgan fingerprint density at radius 3 is 2.39 bits per heavy atom. The molecule has 0 amide bonds. The molecule has 1 aromatic rings. The van der Waals surface area contributed by atoms with Crippen LogP contribution >= 0.6 is 0 Å². The fourth-order valence-corrected chi connectivity index (χ4v) is 4.19. The van der Waals surface area contributed by atoms with Crippen LogP contribution in [0.15, 0.2) is 30.3 Å². The Labute approximate surface area is 183 Å². The summed E-state index contributed by atoms with van der Waals surface area (Å²) in [4.78, 5) is 46.8. The number of benzene rings is 1. The van der Waals surface area contributed by atoms with Crippen LogP contribution in [0.2, 0.25) is 0 Å². The molecule has 7 nitrogen and oxygen atoms in total. The van der Waals surface area contributed by atoms with Crippen molar-refractivity contribution in [3.8, 4) is 0 Å². The summed E-state index contributed by atoms with van der Waals surface area (Å²) >= 11 is 0. The number of hydrogen-bond acceptors (Lipinski definition) is 6. The van der Waals surface area contributed by atoms with Crippen LogP contribution in [0.25, 0.3) is 0 Å². The Hall–Kier alpha value is -2.70. The lowest BCUT2D eigenvalue weighted by Gasteiger charge is -2.23. The maximum Gasteiger partial charge on any atom is 0.306 e. The van der Waals surface area contributed by atoms with Crippen molar-refractivity contribution in [2.75, 3.05) is 0 Å². The Morgan fingerprint density at radius 1 is 1.00 bits per heavy atom. The summed E-state index contributed by atoms with van der Waals surface area (Å²) in [5.41, 5.74) is 0.908. The molecule has 1 aromatic carbocycles. The monoisotopic (exact) mass is 432 g/mol. The first-order chi connectivity index (χ1) is 14.9. The number of carboxylic acids is 1. The van der Waals surface area contributed by atoms with Crippen molar-refractivity contribution in [2.24, 2.45) is 11.8 Å². The minimum absolute atomic E-state index is 0.0689. The molecule has 0 radical (unpaired) electrons. The third kappa shape index (κ3) is 8.90. The van der Waals surface area contributed by atoms with E-state index >= 15 is 0 Å². The van der Waals surface area contributed by atoms with Gasteiger partial charge in [0.05, 0.1) is 0 Å². The number of unbranched alkanes of at least 4 members (excludes halogenated alkanes) is 3. The first-order valence-corrected chi connectivity index (χ1v) is 11.0. The maximum atomic E-state index is 12.6. The van der Waals surface area contributed by atoms with Crippen molar-refractivity contribution in [3.05, 3.63) is 35.9 Å². The SMILES string of the molecule is CC(=O)OC1CC(=O)C(CCCCCCC(=O)O)C1CCC(=O)OCc1ccccc1. The Balaban J connectivity index is 1.84. The number of hydrogen-bond donors (Lipinski definition) is 1. The molecule has 0 saturated heterocycles. The molecule has 31 heavy (non-hydrogen) atoms. The summed E-state index contributed by atoms with van der Waals surface area (Å²) in [5, 5.41) is 8.70. The van der Waals surface area contributed by atoms with E-state index < -0.39 is 18.0 Å². The van der Waals surface area contributed by atoms with Gasteiger partial charge < -0.3 is 14.6 Å². The molecule has 7 heteroatoms. The summed E-state index contributed by atoms with van der Waals surface area (Å²) < 4.78 is 10.7. The Morgan fingerprint density at radius 2 is 1.71 bits per heavy atom. The number of carbonyl (C=O) groups is 4. The minimum Gasteiger partial charge on any atom is -0.481 e. The Bertz CT molecular complexity index is 744. The van der Waals surface area contributed by atoms with E-state index in [0.717, 1.165) is 24.8 Å². The van der Waals surface area contributed by atoms with Gasteiger partial charge in [-0.2, -0.15) is 0 Å². The van der Waals surface area contributed by atoms with Crippen LogP contribution in [-0.4, -0.2) is 34.9 Å². The third-order valence-corrected chi connectivity index (χ3v) is 5.71. The minimum atomic E-state index is -0.797. The van der Waals surface area contributed by atoms with E-state index in [9.17, 15) is 19.2 Å². The first kappa shape index (κ1) is 24.6. The standard InChI is InChI=1S/C24H32O7/c1-17(25)31-22-15-21(26)19(11-7-2-3-8-12-23(27)28)20(22)13-14-24(29)30-16-18-9-5-4-6-10-18/h4-6,9-10,19-20,22H,2-3,7-8,11-16H2,1H3,(H,27,28). The fraction of sp³-hybridized carbons (Fsp3) is 0.583. The number of aliphatic carboxylic acids is 1. The van der Waals surface area contributed by atoms with Crippen molar-refractivity contribution >= 4 is 23.7 Å². The highest BCUT2D eigenvalue weighted by Crippen LogP contribution is 2.38. The van der Waals surface area contributed by atoms with E-state index in [1.54, 1.807) is 0 Å². The van der Waals surface area contributed by atoms with Gasteiger partial charge in [-0.15, -0.1) is 0 Å². The van der Waals surface area contributed by atoms with E-state index in [4.69, 9.17) is 14.6 Å². The second-order valence-corrected chi connectivity index (χ2v) is 8.12. The predicted octanol–water partition coefficient (Wildman–Crippen LogP) is 4.07. The largest absolute Gasteiger partial charge is 0.481 e. The summed E-state index contributed by atoms with van der Waals surface area (Å²) in [6.07, 6.45) is 4.18. The molecular weight excluding hydrogens is 400 g/mol. The molecule has 1 N–H and O–H groups in total. The smallest absolute Gasteiger partial charge is 0.306 e. The zero-order valence-corrected chi connectivity index (χ0v) is 18.1. The van der Waals surface area contributed by atoms with Gasteiger partial charge in [-0.25, -0.2) is 0 Å². The lowest BCUT2D eigenvalue weighted by Crippen LogP contribution is -2.26. The molecule has 0 aromatic heterocycles. The molecule has 3 atom stereocenters. The summed E-state index contributed by atoms with van der Waals surface area (Å²) in [6.45, 7) is 1.53. The van der Waals surface area contributed by atoms with E-state index in [1.807, 2.05) is 30.3 Å². The van der Waals surface area contributed by atoms with Crippen LogP contribution in [-0.2, 0) is 35.3 Å². The summed E-state index contributed by atoms with van der Waals surface area (Å²) in [6, 6.07) is 9.41. The highest BCUT2D eigenvalue weighted by molar-refractivity contribution is 5.85. The van der Waals surface area contributed by atoms with Crippen molar-refractivity contribution in [1.29, 1.82) is 0 Å². The fourth-order valence-electron chi connectivity index (χ4n) is 4.19. The number of carboxylic acid groups (broad SMARTS) is 1. The number of rotatable bonds is 13. The molecule has 1 fully saturated rings. The molecule has 0 heterocycles. The van der Waals surface area contributed by atoms with Gasteiger partial charge in [-0.3, -0.25) is 19.2 Å². The summed E-state index contributed by atoms with van der Waals surface area (Å²) in [5.74, 6) is -1.93. The van der Waals surface area contributed by atoms with Crippen LogP contribution < -0.4 is 0 Å². The van der Waals surface area contributed by atoms with Crippen LogP contribution in [0, 0.1) is 11.8 Å². The van der Waals surface area contributed by atoms with Crippen LogP contribution in [0.1, 0.15) is 70.3 Å². The van der Waals surface area contributed by atoms with Gasteiger partial charge in [0.15, 0.2) is 0 Å². The number of ether oxygens (including phenoxy) is 2. The molecule has 0 aliphatic heterocycles. The van der Waals surface area contributed by atoms with Crippen molar-refractivity contribution in [2.45, 2.75) is 77.4 Å². The molecule has 3 unspecified atom stereocenters. The lowest BCUT2D eigenvalue weighted by molar-refractivity contribution is -0.149. The van der Waals surface area contributed by atoms with Gasteiger partial charge in [0, 0.05) is 38.0 Å². The van der Waals surface area contributed by atoms with Gasteiger partial charge in [0.2, 0.25) is 0 Å². The summed E-state index contributed by atoms with van der Waals surface area (Å²) in [7, 11) is 0. The zero-order chi connectivity index (χ0) is 22.6. The molecule has 170 valence electrons. The first-order valence-electron chi connectivity index (χ1n) is 11.0. The van der Waals surface area contributed by atoms with Gasteiger partial charge in [0.25, 0.3) is 0 Å². The van der Waals surface area contributed by atoms with Crippen molar-refractivity contribution in [1.82, 2.24) is 0 Å². The zero-order valence-electron chi connectivity index (χ0n) is 18.1. The maximum absolute atomic E-state index is 12.6. The molecular formula is C24H32O7. The second-order valence-electron chi connectivity index (χ2n) is 8.12. The van der Waals surface area contributed by atoms with E-state index in [1.165, 1.54) is 6.92 Å². The average Bonchev–Trinajstić information content (AvgIpc) is 3.01. The van der Waals surface area contributed by atoms with E-state index in [-0.39, 0.29) is 49.5 Å². The van der Waals surface area contributed by atoms with Crippen LogP contribution in [0.4, 0.5) is 0 Å². The number of esters is 2. The molecule has 1 aliphatic rings. The number of carbonyl (C=O) groups excluding carboxylic acids is 3. The predicted molar refractivity (Wildman–Crippen MR) is 113 cm³/mol. The molecule has 2 rings (SSSR count). The highest BCUT2D eigenvalue weighted by Gasteiger charge is 2.43. The van der Waals surface area contributed by atoms with Crippen LogP contribution in [0.5, 0.6) is 0 Å². The van der Waals surface area contributed by atoms with Gasteiger partial charge in [-0.05, 0) is 24.8 Å². The third-order valence-electron chi connectivity index (χ3n) is 5.71. The van der Waals surface area contributed by atoms with Gasteiger partial charge in [0.1, 0.15) is 18.5 Å². The molecule has 1 saturated carbocycles. The number of Topliss-reactive ketones (excluding diaryl/α,β-unsaturated/α-hetero) is 1.